The number of imidazole rings is 1. The molecule has 0 bridgehead atoms. The molecule has 0 fully saturated rings. The number of esters is 1. The standard InChI is InChI=1S/C17H13ClN4O2/c18-13-3-6-16-21-15(10-22(16)9-13)11-24-17(23)8-20-14-4-1-12(7-19)2-5-14/h1-6,9-10,20H,8,11H2. The summed E-state index contributed by atoms with van der Waals surface area (Å²) in [6, 6.07) is 12.4. The van der Waals surface area contributed by atoms with E-state index in [0.717, 1.165) is 11.3 Å². The van der Waals surface area contributed by atoms with Gasteiger partial charge in [-0.1, -0.05) is 11.6 Å². The van der Waals surface area contributed by atoms with Crippen LogP contribution in [0.15, 0.2) is 48.8 Å². The summed E-state index contributed by atoms with van der Waals surface area (Å²) in [6.07, 6.45) is 3.50. The number of nitriles is 1. The van der Waals surface area contributed by atoms with Gasteiger partial charge in [0, 0.05) is 18.1 Å². The quantitative estimate of drug-likeness (QED) is 0.722. The highest BCUT2D eigenvalue weighted by molar-refractivity contribution is 6.30. The molecule has 2 aromatic heterocycles. The normalized spacial score (nSPS) is 10.3. The summed E-state index contributed by atoms with van der Waals surface area (Å²) >= 11 is 5.91. The van der Waals surface area contributed by atoms with Gasteiger partial charge in [0.05, 0.1) is 22.3 Å². The van der Waals surface area contributed by atoms with Gasteiger partial charge in [0.25, 0.3) is 0 Å². The van der Waals surface area contributed by atoms with E-state index >= 15 is 0 Å². The minimum atomic E-state index is -0.394. The first kappa shape index (κ1) is 15.8. The first-order valence-electron chi connectivity index (χ1n) is 7.17. The molecule has 120 valence electrons. The van der Waals surface area contributed by atoms with Crippen LogP contribution in [-0.4, -0.2) is 21.9 Å². The van der Waals surface area contributed by atoms with Crippen LogP contribution in [0.4, 0.5) is 5.69 Å². The second kappa shape index (κ2) is 7.02. The summed E-state index contributed by atoms with van der Waals surface area (Å²) in [5.41, 5.74) is 2.69. The number of carbonyl (C=O) groups is 1. The average Bonchev–Trinajstić information content (AvgIpc) is 3.00. The van der Waals surface area contributed by atoms with Gasteiger partial charge in [0.1, 0.15) is 18.8 Å². The van der Waals surface area contributed by atoms with Gasteiger partial charge in [-0.3, -0.25) is 4.79 Å². The number of pyridine rings is 1. The average molecular weight is 341 g/mol. The molecular weight excluding hydrogens is 328 g/mol. The highest BCUT2D eigenvalue weighted by Crippen LogP contribution is 2.12. The smallest absolute Gasteiger partial charge is 0.325 e. The van der Waals surface area contributed by atoms with E-state index in [-0.39, 0.29) is 13.2 Å². The molecule has 1 aromatic carbocycles. The molecule has 7 heteroatoms. The Morgan fingerprint density at radius 3 is 2.79 bits per heavy atom. The van der Waals surface area contributed by atoms with E-state index in [4.69, 9.17) is 21.6 Å². The molecule has 3 rings (SSSR count). The van der Waals surface area contributed by atoms with E-state index in [1.165, 1.54) is 0 Å². The number of fused-ring (bicyclic) bond motifs is 1. The molecule has 0 unspecified atom stereocenters. The zero-order chi connectivity index (χ0) is 16.9. The molecule has 3 aromatic rings. The zero-order valence-electron chi connectivity index (χ0n) is 12.6. The van der Waals surface area contributed by atoms with Gasteiger partial charge in [-0.05, 0) is 36.4 Å². The number of carbonyl (C=O) groups excluding carboxylic acids is 1. The molecular formula is C17H13ClN4O2. The van der Waals surface area contributed by atoms with Crippen molar-refractivity contribution in [2.75, 3.05) is 11.9 Å². The van der Waals surface area contributed by atoms with Crippen LogP contribution in [0.1, 0.15) is 11.3 Å². The molecule has 0 aliphatic heterocycles. The number of hydrogen-bond acceptors (Lipinski definition) is 5. The summed E-state index contributed by atoms with van der Waals surface area (Å²) in [7, 11) is 0. The predicted molar refractivity (Wildman–Crippen MR) is 89.6 cm³/mol. The largest absolute Gasteiger partial charge is 0.458 e. The molecule has 0 saturated carbocycles. The summed E-state index contributed by atoms with van der Waals surface area (Å²) in [5.74, 6) is -0.394. The molecule has 0 atom stereocenters. The lowest BCUT2D eigenvalue weighted by molar-refractivity contribution is -0.142. The summed E-state index contributed by atoms with van der Waals surface area (Å²) < 4.78 is 6.97. The van der Waals surface area contributed by atoms with E-state index in [1.807, 2.05) is 6.07 Å². The van der Waals surface area contributed by atoms with Crippen LogP contribution in [0.2, 0.25) is 5.02 Å². The lowest BCUT2D eigenvalue weighted by Gasteiger charge is -2.06. The Kier molecular flexibility index (Phi) is 4.64. The van der Waals surface area contributed by atoms with Crippen molar-refractivity contribution in [3.8, 4) is 6.07 Å². The number of anilines is 1. The first-order valence-corrected chi connectivity index (χ1v) is 7.54. The first-order chi connectivity index (χ1) is 11.6. The van der Waals surface area contributed by atoms with Gasteiger partial charge >= 0.3 is 5.97 Å². The van der Waals surface area contributed by atoms with Crippen LogP contribution in [0.3, 0.4) is 0 Å². The van der Waals surface area contributed by atoms with E-state index in [2.05, 4.69) is 10.3 Å². The number of aromatic nitrogens is 2. The highest BCUT2D eigenvalue weighted by Gasteiger charge is 2.07. The third-order valence-corrected chi connectivity index (χ3v) is 3.52. The Morgan fingerprint density at radius 2 is 2.04 bits per heavy atom. The van der Waals surface area contributed by atoms with Crippen molar-refractivity contribution in [3.63, 3.8) is 0 Å². The van der Waals surface area contributed by atoms with Crippen LogP contribution < -0.4 is 5.32 Å². The summed E-state index contributed by atoms with van der Waals surface area (Å²) in [4.78, 5) is 16.1. The van der Waals surface area contributed by atoms with Crippen LogP contribution in [0.5, 0.6) is 0 Å². The maximum Gasteiger partial charge on any atom is 0.325 e. The fourth-order valence-electron chi connectivity index (χ4n) is 2.13. The summed E-state index contributed by atoms with van der Waals surface area (Å²) in [5, 5.41) is 12.3. The van der Waals surface area contributed by atoms with Crippen molar-refractivity contribution in [2.24, 2.45) is 0 Å². The van der Waals surface area contributed by atoms with Gasteiger partial charge in [0.2, 0.25) is 0 Å². The van der Waals surface area contributed by atoms with Crippen molar-refractivity contribution in [1.82, 2.24) is 9.38 Å². The van der Waals surface area contributed by atoms with Crippen molar-refractivity contribution in [2.45, 2.75) is 6.61 Å². The minimum absolute atomic E-state index is 0.0328. The lowest BCUT2D eigenvalue weighted by atomic mass is 10.2. The predicted octanol–water partition coefficient (Wildman–Crippen LogP) is 3.01. The van der Waals surface area contributed by atoms with Crippen molar-refractivity contribution in [3.05, 3.63) is 65.1 Å². The zero-order valence-corrected chi connectivity index (χ0v) is 13.3. The molecule has 6 nitrogen and oxygen atoms in total. The number of rotatable bonds is 5. The van der Waals surface area contributed by atoms with E-state index in [0.29, 0.717) is 16.3 Å². The fourth-order valence-corrected chi connectivity index (χ4v) is 2.30. The van der Waals surface area contributed by atoms with Gasteiger partial charge in [-0.2, -0.15) is 5.26 Å². The number of nitrogens with one attached hydrogen (secondary N) is 1. The number of nitrogens with zero attached hydrogens (tertiary/aromatic N) is 3. The van der Waals surface area contributed by atoms with Crippen LogP contribution in [0.25, 0.3) is 5.65 Å². The second-order valence-electron chi connectivity index (χ2n) is 5.05. The molecule has 0 aliphatic rings. The van der Waals surface area contributed by atoms with Crippen LogP contribution in [-0.2, 0) is 16.1 Å². The number of hydrogen-bond donors (Lipinski definition) is 1. The molecule has 0 saturated heterocycles. The summed E-state index contributed by atoms with van der Waals surface area (Å²) in [6.45, 7) is 0.123. The fraction of sp³-hybridized carbons (Fsp3) is 0.118. The molecule has 1 N–H and O–H groups in total. The third-order valence-electron chi connectivity index (χ3n) is 3.30. The molecule has 0 amide bonds. The number of halogens is 1. The SMILES string of the molecule is N#Cc1ccc(NCC(=O)OCc2cn3cc(Cl)ccc3n2)cc1. The lowest BCUT2D eigenvalue weighted by Crippen LogP contribution is -2.16. The van der Waals surface area contributed by atoms with Gasteiger partial charge in [-0.15, -0.1) is 0 Å². The Balaban J connectivity index is 1.51. The Morgan fingerprint density at radius 1 is 1.25 bits per heavy atom. The van der Waals surface area contributed by atoms with E-state index < -0.39 is 5.97 Å². The van der Waals surface area contributed by atoms with E-state index in [9.17, 15) is 4.79 Å². The maximum absolute atomic E-state index is 11.8. The molecule has 0 aliphatic carbocycles. The Bertz CT molecular complexity index is 912. The topological polar surface area (TPSA) is 79.4 Å². The highest BCUT2D eigenvalue weighted by atomic mass is 35.5. The Labute approximate surface area is 143 Å². The third kappa shape index (κ3) is 3.83. The molecule has 0 radical (unpaired) electrons. The van der Waals surface area contributed by atoms with Crippen molar-refractivity contribution in [1.29, 1.82) is 5.26 Å². The van der Waals surface area contributed by atoms with Gasteiger partial charge in [0.15, 0.2) is 0 Å². The molecule has 0 spiro atoms. The monoisotopic (exact) mass is 340 g/mol. The van der Waals surface area contributed by atoms with Crippen molar-refractivity contribution >= 4 is 28.9 Å². The van der Waals surface area contributed by atoms with Gasteiger partial charge in [-0.25, -0.2) is 4.98 Å². The van der Waals surface area contributed by atoms with Crippen LogP contribution >= 0.6 is 11.6 Å². The minimum Gasteiger partial charge on any atom is -0.458 e. The number of benzene rings is 1. The molecule has 24 heavy (non-hydrogen) atoms. The Hall–Kier alpha value is -3.04. The molecule has 2 heterocycles. The van der Waals surface area contributed by atoms with Crippen molar-refractivity contribution < 1.29 is 9.53 Å². The second-order valence-corrected chi connectivity index (χ2v) is 5.48. The number of ether oxygens (including phenoxy) is 1. The maximum atomic E-state index is 11.8. The van der Waals surface area contributed by atoms with Gasteiger partial charge < -0.3 is 14.5 Å². The van der Waals surface area contributed by atoms with Crippen LogP contribution in [0, 0.1) is 11.3 Å². The van der Waals surface area contributed by atoms with E-state index in [1.54, 1.807) is 53.2 Å².